The first-order chi connectivity index (χ1) is 9.19. The van der Waals surface area contributed by atoms with Crippen molar-refractivity contribution in [2.45, 2.75) is 64.8 Å². The smallest absolute Gasteiger partial charge is 0.123 e. The van der Waals surface area contributed by atoms with E-state index in [2.05, 4.69) is 12.2 Å². The minimum absolute atomic E-state index is 0.146. The molecule has 1 saturated carbocycles. The van der Waals surface area contributed by atoms with Crippen LogP contribution < -0.4 is 5.32 Å². The molecule has 0 saturated heterocycles. The molecule has 0 aliphatic heterocycles. The fourth-order valence-corrected chi connectivity index (χ4v) is 3.23. The summed E-state index contributed by atoms with van der Waals surface area (Å²) in [7, 11) is 0. The summed E-state index contributed by atoms with van der Waals surface area (Å²) in [5.41, 5.74) is 2.11. The van der Waals surface area contributed by atoms with Gasteiger partial charge in [-0.3, -0.25) is 0 Å². The number of nitrogens with one attached hydrogen (secondary N) is 1. The molecular weight excluding hydrogens is 237 g/mol. The van der Waals surface area contributed by atoms with E-state index < -0.39 is 0 Å². The Balaban J connectivity index is 1.92. The summed E-state index contributed by atoms with van der Waals surface area (Å²) in [6.07, 6.45) is 9.23. The highest BCUT2D eigenvalue weighted by atomic mass is 19.1. The fourth-order valence-electron chi connectivity index (χ4n) is 3.23. The normalized spacial score (nSPS) is 23.9. The third-order valence-electron chi connectivity index (χ3n) is 4.33. The first-order valence-corrected chi connectivity index (χ1v) is 7.71. The van der Waals surface area contributed by atoms with Gasteiger partial charge in [-0.2, -0.15) is 0 Å². The Bertz CT molecular complexity index is 402. The Morgan fingerprint density at radius 3 is 2.79 bits per heavy atom. The zero-order chi connectivity index (χ0) is 13.7. The molecule has 2 rings (SSSR count). The largest absolute Gasteiger partial charge is 0.382 e. The maximum atomic E-state index is 13.1. The molecular formula is C17H26FN. The summed E-state index contributed by atoms with van der Waals surface area (Å²) in [5.74, 6) is 0.776. The predicted octanol–water partition coefficient (Wildman–Crippen LogP) is 5.30. The standard InChI is InChI=1S/C17H26FN/c1-3-5-14-6-4-7-16(10-8-14)19-17-11-9-15(18)12-13(17)2/h9,11-12,14,16,19H,3-8,10H2,1-2H3. The quantitative estimate of drug-likeness (QED) is 0.727. The predicted molar refractivity (Wildman–Crippen MR) is 80.0 cm³/mol. The van der Waals surface area contributed by atoms with Crippen LogP contribution in [0.25, 0.3) is 0 Å². The molecule has 0 bridgehead atoms. The Hall–Kier alpha value is -1.05. The van der Waals surface area contributed by atoms with Crippen molar-refractivity contribution >= 4 is 5.69 Å². The third kappa shape index (κ3) is 4.22. The van der Waals surface area contributed by atoms with Gasteiger partial charge in [-0.25, -0.2) is 4.39 Å². The molecule has 2 atom stereocenters. The van der Waals surface area contributed by atoms with Crippen molar-refractivity contribution < 1.29 is 4.39 Å². The van der Waals surface area contributed by atoms with Crippen molar-refractivity contribution in [2.75, 3.05) is 5.32 Å². The van der Waals surface area contributed by atoms with Crippen molar-refractivity contribution in [2.24, 2.45) is 5.92 Å². The van der Waals surface area contributed by atoms with Crippen LogP contribution in [0.15, 0.2) is 18.2 Å². The van der Waals surface area contributed by atoms with Crippen LogP contribution >= 0.6 is 0 Å². The lowest BCUT2D eigenvalue weighted by atomic mass is 9.95. The maximum Gasteiger partial charge on any atom is 0.123 e. The molecule has 1 aromatic carbocycles. The second-order valence-corrected chi connectivity index (χ2v) is 5.96. The molecule has 2 unspecified atom stereocenters. The number of halogens is 1. The molecule has 0 aromatic heterocycles. The number of rotatable bonds is 4. The average molecular weight is 263 g/mol. The van der Waals surface area contributed by atoms with E-state index in [0.717, 1.165) is 17.2 Å². The van der Waals surface area contributed by atoms with Crippen LogP contribution in [0.2, 0.25) is 0 Å². The number of hydrogen-bond acceptors (Lipinski definition) is 1. The monoisotopic (exact) mass is 263 g/mol. The lowest BCUT2D eigenvalue weighted by Gasteiger charge is -2.19. The van der Waals surface area contributed by atoms with E-state index in [0.29, 0.717) is 6.04 Å². The van der Waals surface area contributed by atoms with Crippen molar-refractivity contribution in [3.8, 4) is 0 Å². The van der Waals surface area contributed by atoms with Gasteiger partial charge in [-0.05, 0) is 55.9 Å². The van der Waals surface area contributed by atoms with Gasteiger partial charge >= 0.3 is 0 Å². The number of benzene rings is 1. The van der Waals surface area contributed by atoms with Crippen molar-refractivity contribution in [3.05, 3.63) is 29.6 Å². The van der Waals surface area contributed by atoms with Gasteiger partial charge in [0.15, 0.2) is 0 Å². The van der Waals surface area contributed by atoms with Crippen molar-refractivity contribution in [3.63, 3.8) is 0 Å². The van der Waals surface area contributed by atoms with Gasteiger partial charge in [-0.15, -0.1) is 0 Å². The Kier molecular flexibility index (Phi) is 5.24. The van der Waals surface area contributed by atoms with Gasteiger partial charge < -0.3 is 5.32 Å². The zero-order valence-corrected chi connectivity index (χ0v) is 12.2. The van der Waals surface area contributed by atoms with Gasteiger partial charge in [0.05, 0.1) is 0 Å². The average Bonchev–Trinajstić information content (AvgIpc) is 2.59. The summed E-state index contributed by atoms with van der Waals surface area (Å²) in [5, 5.41) is 3.61. The van der Waals surface area contributed by atoms with Gasteiger partial charge in [0, 0.05) is 11.7 Å². The van der Waals surface area contributed by atoms with E-state index in [9.17, 15) is 4.39 Å². The van der Waals surface area contributed by atoms with Crippen LogP contribution in [0.4, 0.5) is 10.1 Å². The maximum absolute atomic E-state index is 13.1. The van der Waals surface area contributed by atoms with E-state index >= 15 is 0 Å². The van der Waals surface area contributed by atoms with E-state index in [1.807, 2.05) is 13.0 Å². The highest BCUT2D eigenvalue weighted by molar-refractivity contribution is 5.51. The summed E-state index contributed by atoms with van der Waals surface area (Å²) < 4.78 is 13.1. The molecule has 2 heteroatoms. The van der Waals surface area contributed by atoms with Crippen LogP contribution in [0.5, 0.6) is 0 Å². The molecule has 1 N–H and O–H groups in total. The van der Waals surface area contributed by atoms with Gasteiger partial charge in [0.2, 0.25) is 0 Å². The number of hydrogen-bond donors (Lipinski definition) is 1. The second-order valence-electron chi connectivity index (χ2n) is 5.96. The fraction of sp³-hybridized carbons (Fsp3) is 0.647. The molecule has 1 aliphatic rings. The minimum atomic E-state index is -0.146. The SMILES string of the molecule is CCCC1CCCC(Nc2ccc(F)cc2C)CC1. The van der Waals surface area contributed by atoms with Gasteiger partial charge in [0.1, 0.15) is 5.82 Å². The van der Waals surface area contributed by atoms with Gasteiger partial charge in [0.25, 0.3) is 0 Å². The molecule has 0 amide bonds. The summed E-state index contributed by atoms with van der Waals surface area (Å²) >= 11 is 0. The molecule has 1 nitrogen and oxygen atoms in total. The summed E-state index contributed by atoms with van der Waals surface area (Å²) in [6.45, 7) is 4.25. The lowest BCUT2D eigenvalue weighted by Crippen LogP contribution is -2.19. The van der Waals surface area contributed by atoms with Crippen LogP contribution in [0.3, 0.4) is 0 Å². The summed E-state index contributed by atoms with van der Waals surface area (Å²) in [6, 6.07) is 5.59. The highest BCUT2D eigenvalue weighted by Gasteiger charge is 2.18. The molecule has 1 aromatic rings. The first kappa shape index (κ1) is 14.4. The number of anilines is 1. The minimum Gasteiger partial charge on any atom is -0.382 e. The Morgan fingerprint density at radius 1 is 1.21 bits per heavy atom. The highest BCUT2D eigenvalue weighted by Crippen LogP contribution is 2.29. The molecule has 0 spiro atoms. The molecule has 0 radical (unpaired) electrons. The Morgan fingerprint density at radius 2 is 2.05 bits per heavy atom. The second kappa shape index (κ2) is 6.93. The summed E-state index contributed by atoms with van der Waals surface area (Å²) in [4.78, 5) is 0. The molecule has 1 fully saturated rings. The third-order valence-corrected chi connectivity index (χ3v) is 4.33. The van der Waals surface area contributed by atoms with E-state index in [4.69, 9.17) is 0 Å². The molecule has 106 valence electrons. The van der Waals surface area contributed by atoms with Gasteiger partial charge in [-0.1, -0.05) is 32.6 Å². The Labute approximate surface area is 116 Å². The van der Waals surface area contributed by atoms with Crippen LogP contribution in [0, 0.1) is 18.7 Å². The molecule has 0 heterocycles. The van der Waals surface area contributed by atoms with E-state index in [-0.39, 0.29) is 5.82 Å². The van der Waals surface area contributed by atoms with Crippen LogP contribution in [-0.2, 0) is 0 Å². The van der Waals surface area contributed by atoms with Crippen LogP contribution in [0.1, 0.15) is 57.4 Å². The molecule has 19 heavy (non-hydrogen) atoms. The first-order valence-electron chi connectivity index (χ1n) is 7.71. The topological polar surface area (TPSA) is 12.0 Å². The zero-order valence-electron chi connectivity index (χ0n) is 12.2. The molecule has 1 aliphatic carbocycles. The van der Waals surface area contributed by atoms with E-state index in [1.54, 1.807) is 12.1 Å². The van der Waals surface area contributed by atoms with Crippen molar-refractivity contribution in [1.82, 2.24) is 0 Å². The van der Waals surface area contributed by atoms with Crippen molar-refractivity contribution in [1.29, 1.82) is 0 Å². The van der Waals surface area contributed by atoms with Crippen LogP contribution in [-0.4, -0.2) is 6.04 Å². The lowest BCUT2D eigenvalue weighted by molar-refractivity contribution is 0.422. The number of aryl methyl sites for hydroxylation is 1. The van der Waals surface area contributed by atoms with E-state index in [1.165, 1.54) is 44.9 Å².